The van der Waals surface area contributed by atoms with Crippen molar-refractivity contribution in [3.8, 4) is 0 Å². The van der Waals surface area contributed by atoms with Crippen LogP contribution in [0.5, 0.6) is 0 Å². The Bertz CT molecular complexity index is 609. The van der Waals surface area contributed by atoms with Crippen molar-refractivity contribution < 1.29 is 19.2 Å². The highest BCUT2D eigenvalue weighted by Crippen LogP contribution is 2.19. The molecule has 1 amide bonds. The van der Waals surface area contributed by atoms with Gasteiger partial charge in [0.2, 0.25) is 0 Å². The number of amides is 1. The molecule has 7 nitrogen and oxygen atoms in total. The van der Waals surface area contributed by atoms with Gasteiger partial charge >= 0.3 is 0 Å². The average Bonchev–Trinajstić information content (AvgIpc) is 2.98. The van der Waals surface area contributed by atoms with Crippen LogP contribution in [0.2, 0.25) is 0 Å². The third kappa shape index (κ3) is 2.83. The van der Waals surface area contributed by atoms with Gasteiger partial charge in [-0.05, 0) is 18.2 Å². The van der Waals surface area contributed by atoms with Crippen LogP contribution in [0.3, 0.4) is 0 Å². The van der Waals surface area contributed by atoms with Crippen molar-refractivity contribution in [1.29, 1.82) is 0 Å². The van der Waals surface area contributed by atoms with Gasteiger partial charge in [-0.3, -0.25) is 14.9 Å². The Labute approximate surface area is 114 Å². The number of carbonyl (C=O) groups is 1. The molecule has 7 heteroatoms. The molecule has 1 atom stereocenters. The lowest BCUT2D eigenvalue weighted by atomic mass is 10.1. The number of nitro benzene ring substituents is 1. The SMILES string of the molecule is O=C(NC(CO)c1ccco1)c1ccccc1[N+](=O)[O-]. The van der Waals surface area contributed by atoms with Gasteiger partial charge in [0, 0.05) is 6.07 Å². The number of furan rings is 1. The molecule has 0 saturated carbocycles. The van der Waals surface area contributed by atoms with Gasteiger partial charge in [0.15, 0.2) is 0 Å². The number of aliphatic hydroxyl groups is 1. The smallest absolute Gasteiger partial charge is 0.282 e. The van der Waals surface area contributed by atoms with E-state index < -0.39 is 16.9 Å². The maximum Gasteiger partial charge on any atom is 0.282 e. The van der Waals surface area contributed by atoms with E-state index in [1.807, 2.05) is 0 Å². The van der Waals surface area contributed by atoms with Gasteiger partial charge < -0.3 is 14.8 Å². The normalized spacial score (nSPS) is 11.8. The number of benzene rings is 1. The lowest BCUT2D eigenvalue weighted by molar-refractivity contribution is -0.385. The van der Waals surface area contributed by atoms with Crippen molar-refractivity contribution >= 4 is 11.6 Å². The molecule has 0 aliphatic heterocycles. The molecule has 1 aromatic carbocycles. The number of nitro groups is 1. The number of hydrogen-bond acceptors (Lipinski definition) is 5. The zero-order valence-electron chi connectivity index (χ0n) is 10.4. The molecule has 1 unspecified atom stereocenters. The van der Waals surface area contributed by atoms with E-state index in [4.69, 9.17) is 4.42 Å². The van der Waals surface area contributed by atoms with Gasteiger partial charge in [0.05, 0.1) is 17.8 Å². The number of nitrogens with zero attached hydrogens (tertiary/aromatic N) is 1. The van der Waals surface area contributed by atoms with Gasteiger partial charge in [-0.25, -0.2) is 0 Å². The summed E-state index contributed by atoms with van der Waals surface area (Å²) >= 11 is 0. The topological polar surface area (TPSA) is 106 Å². The maximum absolute atomic E-state index is 12.1. The third-order valence-electron chi connectivity index (χ3n) is 2.72. The molecule has 0 bridgehead atoms. The minimum absolute atomic E-state index is 0.0671. The molecule has 0 saturated heterocycles. The molecule has 0 spiro atoms. The van der Waals surface area contributed by atoms with Gasteiger partial charge in [0.25, 0.3) is 11.6 Å². The summed E-state index contributed by atoms with van der Waals surface area (Å²) < 4.78 is 5.09. The van der Waals surface area contributed by atoms with E-state index in [9.17, 15) is 20.0 Å². The molecular weight excluding hydrogens is 264 g/mol. The summed E-state index contributed by atoms with van der Waals surface area (Å²) in [5.41, 5.74) is -0.358. The van der Waals surface area contributed by atoms with Crippen LogP contribution in [-0.4, -0.2) is 22.5 Å². The lowest BCUT2D eigenvalue weighted by Crippen LogP contribution is -2.30. The van der Waals surface area contributed by atoms with Crippen molar-refractivity contribution in [2.75, 3.05) is 6.61 Å². The minimum atomic E-state index is -0.752. The second kappa shape index (κ2) is 5.98. The summed E-state index contributed by atoms with van der Waals surface area (Å²) in [7, 11) is 0. The molecule has 1 heterocycles. The highest BCUT2D eigenvalue weighted by molar-refractivity contribution is 5.98. The van der Waals surface area contributed by atoms with E-state index in [1.165, 1.54) is 30.5 Å². The molecule has 0 fully saturated rings. The molecule has 0 aliphatic rings. The second-order valence-electron chi connectivity index (χ2n) is 4.00. The summed E-state index contributed by atoms with van der Waals surface area (Å²) in [6, 6.07) is 8.07. The van der Waals surface area contributed by atoms with Gasteiger partial charge in [-0.15, -0.1) is 0 Å². The molecular formula is C13H12N2O5. The molecule has 104 valence electrons. The van der Waals surface area contributed by atoms with Crippen LogP contribution in [-0.2, 0) is 0 Å². The van der Waals surface area contributed by atoms with Crippen LogP contribution in [0.15, 0.2) is 47.1 Å². The van der Waals surface area contributed by atoms with Crippen LogP contribution >= 0.6 is 0 Å². The first-order valence-electron chi connectivity index (χ1n) is 5.82. The third-order valence-corrected chi connectivity index (χ3v) is 2.72. The Morgan fingerprint density at radius 2 is 2.10 bits per heavy atom. The Morgan fingerprint density at radius 1 is 1.35 bits per heavy atom. The number of para-hydroxylation sites is 1. The van der Waals surface area contributed by atoms with Crippen LogP contribution in [0.1, 0.15) is 22.2 Å². The predicted octanol–water partition coefficient (Wildman–Crippen LogP) is 1.65. The van der Waals surface area contributed by atoms with Crippen molar-refractivity contribution in [3.63, 3.8) is 0 Å². The second-order valence-corrected chi connectivity index (χ2v) is 4.00. The van der Waals surface area contributed by atoms with E-state index in [0.717, 1.165) is 0 Å². The number of rotatable bonds is 5. The minimum Gasteiger partial charge on any atom is -0.467 e. The number of aliphatic hydroxyl groups excluding tert-OH is 1. The number of hydrogen-bond donors (Lipinski definition) is 2. The highest BCUT2D eigenvalue weighted by atomic mass is 16.6. The molecule has 0 radical (unpaired) electrons. The number of carbonyl (C=O) groups excluding carboxylic acids is 1. The zero-order chi connectivity index (χ0) is 14.5. The van der Waals surface area contributed by atoms with Crippen molar-refractivity contribution in [2.45, 2.75) is 6.04 Å². The Balaban J connectivity index is 2.22. The van der Waals surface area contributed by atoms with E-state index in [2.05, 4.69) is 5.32 Å². The largest absolute Gasteiger partial charge is 0.467 e. The van der Waals surface area contributed by atoms with Crippen LogP contribution in [0.25, 0.3) is 0 Å². The van der Waals surface area contributed by atoms with Gasteiger partial charge in [-0.2, -0.15) is 0 Å². The molecule has 0 aliphatic carbocycles. The Kier molecular flexibility index (Phi) is 4.11. The summed E-state index contributed by atoms with van der Waals surface area (Å²) in [6.07, 6.45) is 1.41. The fourth-order valence-electron chi connectivity index (χ4n) is 1.76. The van der Waals surface area contributed by atoms with Crippen molar-refractivity contribution in [2.24, 2.45) is 0 Å². The highest BCUT2D eigenvalue weighted by Gasteiger charge is 2.23. The lowest BCUT2D eigenvalue weighted by Gasteiger charge is -2.13. The maximum atomic E-state index is 12.1. The van der Waals surface area contributed by atoms with Crippen LogP contribution < -0.4 is 5.32 Å². The zero-order valence-corrected chi connectivity index (χ0v) is 10.4. The predicted molar refractivity (Wildman–Crippen MR) is 69.1 cm³/mol. The summed E-state index contributed by atoms with van der Waals surface area (Å²) in [6.45, 7) is -0.375. The molecule has 20 heavy (non-hydrogen) atoms. The van der Waals surface area contributed by atoms with E-state index in [0.29, 0.717) is 5.76 Å². The van der Waals surface area contributed by atoms with Gasteiger partial charge in [-0.1, -0.05) is 12.1 Å². The van der Waals surface area contributed by atoms with Gasteiger partial charge in [0.1, 0.15) is 17.4 Å². The fourth-order valence-corrected chi connectivity index (χ4v) is 1.76. The molecule has 2 rings (SSSR count). The van der Waals surface area contributed by atoms with E-state index in [-0.39, 0.29) is 17.9 Å². The first kappa shape index (κ1) is 13.8. The number of nitrogens with one attached hydrogen (secondary N) is 1. The quantitative estimate of drug-likeness (QED) is 0.638. The summed E-state index contributed by atoms with van der Waals surface area (Å²) in [5.74, 6) is -0.271. The summed E-state index contributed by atoms with van der Waals surface area (Å²) in [4.78, 5) is 22.3. The van der Waals surface area contributed by atoms with Crippen molar-refractivity contribution in [1.82, 2.24) is 5.32 Å². The van der Waals surface area contributed by atoms with E-state index in [1.54, 1.807) is 12.1 Å². The van der Waals surface area contributed by atoms with Crippen LogP contribution in [0, 0.1) is 10.1 Å². The standard InChI is InChI=1S/C13H12N2O5/c16-8-10(12-6-3-7-20-12)14-13(17)9-4-1-2-5-11(9)15(18)19/h1-7,10,16H,8H2,(H,14,17). The first-order valence-corrected chi connectivity index (χ1v) is 5.82. The van der Waals surface area contributed by atoms with E-state index >= 15 is 0 Å². The Hall–Kier alpha value is -2.67. The van der Waals surface area contributed by atoms with Crippen LogP contribution in [0.4, 0.5) is 5.69 Å². The van der Waals surface area contributed by atoms with Crippen molar-refractivity contribution in [3.05, 3.63) is 64.1 Å². The molecule has 2 N–H and O–H groups in total. The molecule has 1 aromatic heterocycles. The molecule has 2 aromatic rings. The summed E-state index contributed by atoms with van der Waals surface area (Å²) in [5, 5.41) is 22.6. The monoisotopic (exact) mass is 276 g/mol. The fraction of sp³-hybridized carbons (Fsp3) is 0.154. The average molecular weight is 276 g/mol. The first-order chi connectivity index (χ1) is 9.63. The Morgan fingerprint density at radius 3 is 2.70 bits per heavy atom.